The number of carbonyl (C=O) groups excluding carboxylic acids is 1. The van der Waals surface area contributed by atoms with Crippen molar-refractivity contribution in [2.75, 3.05) is 6.54 Å². The van der Waals surface area contributed by atoms with Gasteiger partial charge in [0.25, 0.3) is 0 Å². The van der Waals surface area contributed by atoms with Gasteiger partial charge in [-0.3, -0.25) is 0 Å². The number of hydrogen-bond donors (Lipinski definition) is 1. The molecule has 0 aliphatic carbocycles. The molecular weight excluding hydrogens is 440 g/mol. The number of urea groups is 1. The maximum absolute atomic E-state index is 13.4. The molecule has 3 rings (SSSR count). The molecule has 0 spiro atoms. The summed E-state index contributed by atoms with van der Waals surface area (Å²) in [6.07, 6.45) is 3.12. The van der Waals surface area contributed by atoms with E-state index in [0.717, 1.165) is 11.1 Å². The van der Waals surface area contributed by atoms with Crippen molar-refractivity contribution in [3.8, 4) is 0 Å². The molecule has 8 nitrogen and oxygen atoms in total. The first-order valence-electron chi connectivity index (χ1n) is 11.1. The van der Waals surface area contributed by atoms with Crippen LogP contribution in [0.25, 0.3) is 0 Å². The van der Waals surface area contributed by atoms with Crippen LogP contribution in [-0.2, 0) is 35.2 Å². The van der Waals surface area contributed by atoms with Gasteiger partial charge < -0.3 is 19.2 Å². The first-order chi connectivity index (χ1) is 15.7. The lowest BCUT2D eigenvalue weighted by Gasteiger charge is -2.23. The van der Waals surface area contributed by atoms with E-state index in [2.05, 4.69) is 10.3 Å². The molecular formula is C24H32N4O4S. The molecule has 1 N–H and O–H groups in total. The van der Waals surface area contributed by atoms with E-state index in [1.165, 1.54) is 0 Å². The molecule has 0 saturated carbocycles. The van der Waals surface area contributed by atoms with Crippen LogP contribution in [0.15, 0.2) is 58.4 Å². The van der Waals surface area contributed by atoms with E-state index in [0.29, 0.717) is 24.5 Å². The summed E-state index contributed by atoms with van der Waals surface area (Å²) in [4.78, 5) is 18.6. The van der Waals surface area contributed by atoms with E-state index in [-0.39, 0.29) is 35.9 Å². The summed E-state index contributed by atoms with van der Waals surface area (Å²) < 4.78 is 33.9. The Hall–Kier alpha value is -3.07. The minimum atomic E-state index is -3.69. The van der Waals surface area contributed by atoms with Crippen LogP contribution in [0.4, 0.5) is 4.79 Å². The van der Waals surface area contributed by atoms with E-state index >= 15 is 0 Å². The number of carbonyl (C=O) groups is 1. The highest BCUT2D eigenvalue weighted by Crippen LogP contribution is 2.22. The van der Waals surface area contributed by atoms with E-state index < -0.39 is 9.84 Å². The standard InChI is InChI=1S/C24H32N4O4S/c1-5-25-23(29)27(16-22-11-8-12-32-22)15-21-13-26-24(28(21)14-18(2)3)33(30,31)17-20-10-7-6-9-19(20)4/h6-13,18H,5,14-17H2,1-4H3,(H,25,29). The average Bonchev–Trinajstić information content (AvgIpc) is 3.39. The van der Waals surface area contributed by atoms with Crippen LogP contribution in [0.1, 0.15) is 43.4 Å². The Morgan fingerprint density at radius 3 is 2.58 bits per heavy atom. The van der Waals surface area contributed by atoms with Crippen molar-refractivity contribution in [1.29, 1.82) is 0 Å². The molecule has 178 valence electrons. The quantitative estimate of drug-likeness (QED) is 0.478. The summed E-state index contributed by atoms with van der Waals surface area (Å²) in [5.41, 5.74) is 2.33. The van der Waals surface area contributed by atoms with Crippen molar-refractivity contribution in [2.24, 2.45) is 5.92 Å². The zero-order chi connectivity index (χ0) is 24.0. The Morgan fingerprint density at radius 2 is 1.94 bits per heavy atom. The molecule has 0 bridgehead atoms. The highest BCUT2D eigenvalue weighted by atomic mass is 32.2. The van der Waals surface area contributed by atoms with Gasteiger partial charge >= 0.3 is 6.03 Å². The Balaban J connectivity index is 1.94. The first-order valence-corrected chi connectivity index (χ1v) is 12.7. The number of furan rings is 1. The van der Waals surface area contributed by atoms with Crippen LogP contribution < -0.4 is 5.32 Å². The molecule has 0 unspecified atom stereocenters. The lowest BCUT2D eigenvalue weighted by molar-refractivity contribution is 0.186. The van der Waals surface area contributed by atoms with E-state index in [1.807, 2.05) is 52.0 Å². The lowest BCUT2D eigenvalue weighted by atomic mass is 10.1. The summed E-state index contributed by atoms with van der Waals surface area (Å²) in [7, 11) is -3.69. The van der Waals surface area contributed by atoms with Gasteiger partial charge in [-0.05, 0) is 43.0 Å². The molecule has 9 heteroatoms. The SMILES string of the molecule is CCNC(=O)N(Cc1ccco1)Cc1cnc(S(=O)(=O)Cc2ccccc2C)n1CC(C)C. The minimum absolute atomic E-state index is 0.0308. The predicted molar refractivity (Wildman–Crippen MR) is 126 cm³/mol. The van der Waals surface area contributed by atoms with Gasteiger partial charge in [0.05, 0.1) is 37.0 Å². The molecule has 0 atom stereocenters. The Bertz CT molecular complexity index is 1170. The van der Waals surface area contributed by atoms with Crippen molar-refractivity contribution in [2.45, 2.75) is 58.2 Å². The third kappa shape index (κ3) is 6.25. The van der Waals surface area contributed by atoms with Gasteiger partial charge in [-0.15, -0.1) is 0 Å². The van der Waals surface area contributed by atoms with Crippen molar-refractivity contribution in [3.05, 3.63) is 71.4 Å². The summed E-state index contributed by atoms with van der Waals surface area (Å²) in [6.45, 7) is 9.20. The highest BCUT2D eigenvalue weighted by Gasteiger charge is 2.26. The Morgan fingerprint density at radius 1 is 1.18 bits per heavy atom. The van der Waals surface area contributed by atoms with E-state index in [4.69, 9.17) is 4.42 Å². The Kier molecular flexibility index (Phi) is 7.97. The Labute approximate surface area is 195 Å². The van der Waals surface area contributed by atoms with Crippen molar-refractivity contribution < 1.29 is 17.6 Å². The van der Waals surface area contributed by atoms with Crippen molar-refractivity contribution in [3.63, 3.8) is 0 Å². The molecule has 1 aromatic carbocycles. The van der Waals surface area contributed by atoms with Gasteiger partial charge in [0.15, 0.2) is 0 Å². The maximum Gasteiger partial charge on any atom is 0.318 e. The normalized spacial score (nSPS) is 11.7. The van der Waals surface area contributed by atoms with Gasteiger partial charge in [0.1, 0.15) is 5.76 Å². The number of rotatable bonds is 10. The molecule has 0 radical (unpaired) electrons. The van der Waals surface area contributed by atoms with Gasteiger partial charge in [0, 0.05) is 13.1 Å². The number of sulfone groups is 1. The molecule has 0 saturated heterocycles. The number of benzene rings is 1. The van der Waals surface area contributed by atoms with Crippen LogP contribution in [0.3, 0.4) is 0 Å². The molecule has 2 aromatic heterocycles. The fourth-order valence-electron chi connectivity index (χ4n) is 3.62. The van der Waals surface area contributed by atoms with Crippen LogP contribution in [-0.4, -0.2) is 35.4 Å². The van der Waals surface area contributed by atoms with Crippen LogP contribution in [0.5, 0.6) is 0 Å². The van der Waals surface area contributed by atoms with Crippen LogP contribution >= 0.6 is 0 Å². The molecule has 33 heavy (non-hydrogen) atoms. The first kappa shape index (κ1) is 24.6. The van der Waals surface area contributed by atoms with Crippen LogP contribution in [0, 0.1) is 12.8 Å². The zero-order valence-corrected chi connectivity index (χ0v) is 20.4. The summed E-state index contributed by atoms with van der Waals surface area (Å²) >= 11 is 0. The predicted octanol–water partition coefficient (Wildman–Crippen LogP) is 4.15. The summed E-state index contributed by atoms with van der Waals surface area (Å²) in [6, 6.07) is 10.8. The zero-order valence-electron chi connectivity index (χ0n) is 19.6. The third-order valence-corrected chi connectivity index (χ3v) is 6.80. The number of nitrogens with zero attached hydrogens (tertiary/aromatic N) is 3. The fraction of sp³-hybridized carbons (Fsp3) is 0.417. The van der Waals surface area contributed by atoms with E-state index in [1.54, 1.807) is 34.1 Å². The van der Waals surface area contributed by atoms with Crippen molar-refractivity contribution in [1.82, 2.24) is 19.8 Å². The fourth-order valence-corrected chi connectivity index (χ4v) is 5.22. The van der Waals surface area contributed by atoms with Gasteiger partial charge in [-0.2, -0.15) is 0 Å². The molecule has 2 amide bonds. The van der Waals surface area contributed by atoms with E-state index in [9.17, 15) is 13.2 Å². The molecule has 0 aliphatic rings. The second-order valence-electron chi connectivity index (χ2n) is 8.49. The molecule has 0 fully saturated rings. The number of aryl methyl sites for hydroxylation is 1. The third-order valence-electron chi connectivity index (χ3n) is 5.23. The minimum Gasteiger partial charge on any atom is -0.467 e. The number of imidazole rings is 1. The largest absolute Gasteiger partial charge is 0.467 e. The van der Waals surface area contributed by atoms with Gasteiger partial charge in [0.2, 0.25) is 15.0 Å². The van der Waals surface area contributed by atoms with Crippen molar-refractivity contribution >= 4 is 15.9 Å². The maximum atomic E-state index is 13.4. The number of hydrogen-bond acceptors (Lipinski definition) is 5. The number of amides is 2. The smallest absolute Gasteiger partial charge is 0.318 e. The topological polar surface area (TPSA) is 97.4 Å². The summed E-state index contributed by atoms with van der Waals surface area (Å²) in [5.74, 6) is 0.706. The average molecular weight is 473 g/mol. The van der Waals surface area contributed by atoms with Gasteiger partial charge in [-0.25, -0.2) is 18.2 Å². The lowest BCUT2D eigenvalue weighted by Crippen LogP contribution is -2.39. The molecule has 0 aliphatic heterocycles. The van der Waals surface area contributed by atoms with Gasteiger partial charge in [-0.1, -0.05) is 38.1 Å². The second kappa shape index (κ2) is 10.7. The monoisotopic (exact) mass is 472 g/mol. The number of nitrogens with one attached hydrogen (secondary N) is 1. The number of aromatic nitrogens is 2. The van der Waals surface area contributed by atoms with Crippen LogP contribution in [0.2, 0.25) is 0 Å². The highest BCUT2D eigenvalue weighted by molar-refractivity contribution is 7.90. The molecule has 2 heterocycles. The second-order valence-corrected chi connectivity index (χ2v) is 10.4. The summed E-state index contributed by atoms with van der Waals surface area (Å²) in [5, 5.41) is 2.84. The molecule has 3 aromatic rings.